The summed E-state index contributed by atoms with van der Waals surface area (Å²) < 4.78 is 7.30. The van der Waals surface area contributed by atoms with Gasteiger partial charge in [0.2, 0.25) is 0 Å². The normalized spacial score (nSPS) is 20.2. The second-order valence-corrected chi connectivity index (χ2v) is 7.32. The summed E-state index contributed by atoms with van der Waals surface area (Å²) in [4.78, 5) is 24.6. The van der Waals surface area contributed by atoms with E-state index in [1.165, 1.54) is 12.8 Å². The summed E-state index contributed by atoms with van der Waals surface area (Å²) in [5, 5.41) is 4.61. The minimum atomic E-state index is -0.00842. The van der Waals surface area contributed by atoms with Crippen LogP contribution in [0.1, 0.15) is 43.4 Å². The lowest BCUT2D eigenvalue weighted by Crippen LogP contribution is -2.33. The summed E-state index contributed by atoms with van der Waals surface area (Å²) in [7, 11) is 0. The van der Waals surface area contributed by atoms with Gasteiger partial charge in [-0.05, 0) is 50.7 Å². The molecule has 1 aliphatic heterocycles. The first-order chi connectivity index (χ1) is 12.7. The van der Waals surface area contributed by atoms with E-state index >= 15 is 0 Å². The molecule has 1 saturated heterocycles. The zero-order valence-corrected chi connectivity index (χ0v) is 14.8. The van der Waals surface area contributed by atoms with Gasteiger partial charge in [-0.1, -0.05) is 17.3 Å². The van der Waals surface area contributed by atoms with E-state index in [2.05, 4.69) is 15.0 Å². The first-order valence-corrected chi connectivity index (χ1v) is 9.27. The highest BCUT2D eigenvalue weighted by atomic mass is 16.5. The average molecular weight is 351 g/mol. The summed E-state index contributed by atoms with van der Waals surface area (Å²) in [5.74, 6) is 2.04. The predicted octanol–water partition coefficient (Wildman–Crippen LogP) is 2.84. The molecule has 1 atom stereocenters. The lowest BCUT2D eigenvalue weighted by Gasteiger charge is -2.25. The van der Waals surface area contributed by atoms with Crippen LogP contribution in [0.3, 0.4) is 0 Å². The molecule has 0 radical (unpaired) electrons. The van der Waals surface area contributed by atoms with E-state index in [4.69, 9.17) is 9.51 Å². The van der Waals surface area contributed by atoms with Gasteiger partial charge >= 0.3 is 6.01 Å². The third-order valence-corrected chi connectivity index (χ3v) is 5.34. The highest BCUT2D eigenvalue weighted by Gasteiger charge is 2.34. The third-order valence-electron chi connectivity index (χ3n) is 5.34. The molecular weight excluding hydrogens is 330 g/mol. The predicted molar refractivity (Wildman–Crippen MR) is 97.1 cm³/mol. The number of fused-ring (bicyclic) bond motifs is 1. The Balaban J connectivity index is 1.65. The number of nitrogens with zero attached hydrogens (tertiary/aromatic N) is 5. The molecule has 0 bridgehead atoms. The van der Waals surface area contributed by atoms with E-state index in [0.29, 0.717) is 23.1 Å². The zero-order chi connectivity index (χ0) is 17.7. The molecule has 7 heteroatoms. The van der Waals surface area contributed by atoms with Gasteiger partial charge in [0.1, 0.15) is 5.82 Å². The standard InChI is InChI=1S/C19H21N5O2/c1-12-20-19(26-22-12)23-10-4-7-16(23)17-21-15-6-3-2-5-14(15)18(25)24(17)11-13-8-9-13/h2-3,5-6,13,16H,4,7-11H2,1H3. The van der Waals surface area contributed by atoms with Crippen LogP contribution in [-0.4, -0.2) is 26.2 Å². The molecule has 0 N–H and O–H groups in total. The van der Waals surface area contributed by atoms with E-state index in [1.807, 2.05) is 35.8 Å². The van der Waals surface area contributed by atoms with Crippen molar-refractivity contribution in [1.29, 1.82) is 0 Å². The Morgan fingerprint density at radius 1 is 1.19 bits per heavy atom. The lowest BCUT2D eigenvalue weighted by molar-refractivity contribution is 0.401. The van der Waals surface area contributed by atoms with Crippen molar-refractivity contribution < 1.29 is 4.52 Å². The maximum absolute atomic E-state index is 13.2. The van der Waals surface area contributed by atoms with Crippen LogP contribution in [0.15, 0.2) is 33.6 Å². The second-order valence-electron chi connectivity index (χ2n) is 7.32. The minimum absolute atomic E-state index is 0.00842. The summed E-state index contributed by atoms with van der Waals surface area (Å²) in [6, 6.07) is 8.12. The number of aryl methyl sites for hydroxylation is 1. The van der Waals surface area contributed by atoms with Crippen molar-refractivity contribution in [3.8, 4) is 0 Å². The first-order valence-electron chi connectivity index (χ1n) is 9.27. The Bertz CT molecular complexity index is 1020. The number of rotatable bonds is 4. The fourth-order valence-electron chi connectivity index (χ4n) is 3.84. The molecule has 7 nitrogen and oxygen atoms in total. The van der Waals surface area contributed by atoms with Crippen LogP contribution in [-0.2, 0) is 6.54 Å². The van der Waals surface area contributed by atoms with Gasteiger partial charge in [-0.2, -0.15) is 4.98 Å². The van der Waals surface area contributed by atoms with Crippen molar-refractivity contribution >= 4 is 16.9 Å². The monoisotopic (exact) mass is 351 g/mol. The summed E-state index contributed by atoms with van der Waals surface area (Å²) in [5.41, 5.74) is 0.819. The number of para-hydroxylation sites is 1. The Hall–Kier alpha value is -2.70. The number of aromatic nitrogens is 4. The van der Waals surface area contributed by atoms with Crippen LogP contribution in [0.4, 0.5) is 6.01 Å². The SMILES string of the molecule is Cc1noc(N2CCCC2c2nc3ccccc3c(=O)n2CC2CC2)n1. The van der Waals surface area contributed by atoms with Gasteiger partial charge in [0.25, 0.3) is 5.56 Å². The van der Waals surface area contributed by atoms with Crippen LogP contribution >= 0.6 is 0 Å². The Kier molecular flexibility index (Phi) is 3.55. The Labute approximate surface area is 150 Å². The molecular formula is C19H21N5O2. The van der Waals surface area contributed by atoms with Crippen LogP contribution in [0.5, 0.6) is 0 Å². The molecule has 3 aromatic rings. The molecule has 1 saturated carbocycles. The largest absolute Gasteiger partial charge is 0.324 e. The Morgan fingerprint density at radius 2 is 2.04 bits per heavy atom. The van der Waals surface area contributed by atoms with Gasteiger partial charge in [0.15, 0.2) is 5.82 Å². The van der Waals surface area contributed by atoms with Crippen molar-refractivity contribution in [3.63, 3.8) is 0 Å². The number of hydrogen-bond donors (Lipinski definition) is 0. The molecule has 2 aliphatic rings. The van der Waals surface area contributed by atoms with Crippen molar-refractivity contribution in [3.05, 3.63) is 46.3 Å². The zero-order valence-electron chi connectivity index (χ0n) is 14.8. The van der Waals surface area contributed by atoms with Crippen LogP contribution in [0, 0.1) is 12.8 Å². The molecule has 0 spiro atoms. The summed E-state index contributed by atoms with van der Waals surface area (Å²) in [6.07, 6.45) is 4.32. The highest BCUT2D eigenvalue weighted by molar-refractivity contribution is 5.77. The van der Waals surface area contributed by atoms with Gasteiger partial charge in [-0.3, -0.25) is 9.36 Å². The summed E-state index contributed by atoms with van der Waals surface area (Å²) >= 11 is 0. The van der Waals surface area contributed by atoms with Gasteiger partial charge in [0, 0.05) is 13.1 Å². The van der Waals surface area contributed by atoms with Crippen molar-refractivity contribution in [2.24, 2.45) is 5.92 Å². The maximum Gasteiger partial charge on any atom is 0.324 e. The first kappa shape index (κ1) is 15.5. The topological polar surface area (TPSA) is 77.0 Å². The molecule has 3 heterocycles. The number of hydrogen-bond acceptors (Lipinski definition) is 6. The molecule has 5 rings (SSSR count). The number of anilines is 1. The van der Waals surface area contributed by atoms with Gasteiger partial charge in [-0.25, -0.2) is 4.98 Å². The minimum Gasteiger partial charge on any atom is -0.315 e. The van der Waals surface area contributed by atoms with E-state index in [9.17, 15) is 4.79 Å². The molecule has 26 heavy (non-hydrogen) atoms. The van der Waals surface area contributed by atoms with Gasteiger partial charge < -0.3 is 9.42 Å². The average Bonchev–Trinajstić information content (AvgIpc) is 3.15. The lowest BCUT2D eigenvalue weighted by atomic mass is 10.1. The molecule has 1 aromatic carbocycles. The molecule has 1 unspecified atom stereocenters. The van der Waals surface area contributed by atoms with E-state index in [-0.39, 0.29) is 11.6 Å². The van der Waals surface area contributed by atoms with Crippen LogP contribution in [0.25, 0.3) is 10.9 Å². The van der Waals surface area contributed by atoms with E-state index in [1.54, 1.807) is 0 Å². The number of benzene rings is 1. The molecule has 2 aromatic heterocycles. The summed E-state index contributed by atoms with van der Waals surface area (Å²) in [6.45, 7) is 3.40. The highest BCUT2D eigenvalue weighted by Crippen LogP contribution is 2.36. The van der Waals surface area contributed by atoms with Crippen LogP contribution in [0.2, 0.25) is 0 Å². The van der Waals surface area contributed by atoms with E-state index < -0.39 is 0 Å². The van der Waals surface area contributed by atoms with Crippen molar-refractivity contribution in [2.45, 2.75) is 45.2 Å². The second kappa shape index (κ2) is 5.93. The fourth-order valence-corrected chi connectivity index (χ4v) is 3.84. The van der Waals surface area contributed by atoms with Gasteiger partial charge in [0.05, 0.1) is 16.9 Å². The van der Waals surface area contributed by atoms with E-state index in [0.717, 1.165) is 37.3 Å². The molecule has 134 valence electrons. The third kappa shape index (κ3) is 2.58. The molecule has 1 aliphatic carbocycles. The van der Waals surface area contributed by atoms with Crippen molar-refractivity contribution in [1.82, 2.24) is 19.7 Å². The molecule has 2 fully saturated rings. The van der Waals surface area contributed by atoms with Crippen LogP contribution < -0.4 is 10.5 Å². The smallest absolute Gasteiger partial charge is 0.315 e. The van der Waals surface area contributed by atoms with Crippen molar-refractivity contribution in [2.75, 3.05) is 11.4 Å². The Morgan fingerprint density at radius 3 is 2.81 bits per heavy atom. The molecule has 0 amide bonds. The quantitative estimate of drug-likeness (QED) is 0.719. The fraction of sp³-hybridized carbons (Fsp3) is 0.474. The van der Waals surface area contributed by atoms with Gasteiger partial charge in [-0.15, -0.1) is 0 Å². The maximum atomic E-state index is 13.2.